The van der Waals surface area contributed by atoms with Crippen molar-refractivity contribution in [2.24, 2.45) is 0 Å². The fourth-order valence-corrected chi connectivity index (χ4v) is 4.46. The second-order valence-electron chi connectivity index (χ2n) is 8.10. The predicted octanol–water partition coefficient (Wildman–Crippen LogP) is 2.59. The van der Waals surface area contributed by atoms with Crippen LogP contribution in [0.15, 0.2) is 70.4 Å². The van der Waals surface area contributed by atoms with Crippen molar-refractivity contribution in [1.82, 2.24) is 9.55 Å². The summed E-state index contributed by atoms with van der Waals surface area (Å²) in [5.74, 6) is -0.627. The number of carbonyl (C=O) groups excluding carboxylic acids is 2. The Bertz CT molecular complexity index is 1420. The Kier molecular flexibility index (Phi) is 7.97. The van der Waals surface area contributed by atoms with Gasteiger partial charge in [0.15, 0.2) is 12.3 Å². The van der Waals surface area contributed by atoms with Crippen LogP contribution in [-0.2, 0) is 14.2 Å². The minimum absolute atomic E-state index is 0.0905. The van der Waals surface area contributed by atoms with Crippen molar-refractivity contribution < 1.29 is 37.7 Å². The summed E-state index contributed by atoms with van der Waals surface area (Å²) in [7, 11) is 2.94. The van der Waals surface area contributed by atoms with Crippen LogP contribution in [-0.4, -0.2) is 59.1 Å². The van der Waals surface area contributed by atoms with Gasteiger partial charge in [0.25, 0.3) is 5.56 Å². The topological polar surface area (TPSA) is 135 Å². The van der Waals surface area contributed by atoms with Gasteiger partial charge in [-0.3, -0.25) is 14.3 Å². The highest BCUT2D eigenvalue weighted by molar-refractivity contribution is 9.10. The molecular formula is C25H22BrFN2O9. The average molecular weight is 593 g/mol. The number of aromatic nitrogens is 2. The molecular weight excluding hydrogens is 571 g/mol. The number of halogens is 2. The van der Waals surface area contributed by atoms with Crippen molar-refractivity contribution in [3.63, 3.8) is 0 Å². The number of hydrogen-bond acceptors (Lipinski definition) is 9. The maximum atomic E-state index is 16.2. The largest absolute Gasteiger partial charge is 0.497 e. The van der Waals surface area contributed by atoms with Crippen molar-refractivity contribution in [2.75, 3.05) is 20.8 Å². The second-order valence-corrected chi connectivity index (χ2v) is 9.32. The van der Waals surface area contributed by atoms with E-state index in [1.165, 1.54) is 50.6 Å². The molecule has 0 aliphatic carbocycles. The summed E-state index contributed by atoms with van der Waals surface area (Å²) in [4.78, 5) is 51.3. The Balaban J connectivity index is 1.59. The predicted molar refractivity (Wildman–Crippen MR) is 133 cm³/mol. The zero-order chi connectivity index (χ0) is 27.4. The molecule has 1 N–H and O–H groups in total. The smallest absolute Gasteiger partial charge is 0.338 e. The van der Waals surface area contributed by atoms with Crippen molar-refractivity contribution in [1.29, 1.82) is 0 Å². The van der Waals surface area contributed by atoms with Gasteiger partial charge < -0.3 is 23.7 Å². The van der Waals surface area contributed by atoms with Gasteiger partial charge in [0.1, 0.15) is 24.2 Å². The van der Waals surface area contributed by atoms with Crippen LogP contribution in [0, 0.1) is 0 Å². The molecule has 4 atom stereocenters. The molecule has 0 spiro atoms. The van der Waals surface area contributed by atoms with Gasteiger partial charge in [0.2, 0.25) is 4.58 Å². The van der Waals surface area contributed by atoms with Crippen LogP contribution in [0.25, 0.3) is 0 Å². The lowest BCUT2D eigenvalue weighted by molar-refractivity contribution is -0.0597. The fraction of sp³-hybridized carbons (Fsp3) is 0.280. The van der Waals surface area contributed by atoms with Gasteiger partial charge in [0, 0.05) is 12.3 Å². The first-order valence-corrected chi connectivity index (χ1v) is 11.9. The number of carbonyl (C=O) groups is 2. The summed E-state index contributed by atoms with van der Waals surface area (Å²) < 4.78 is 40.9. The molecule has 0 unspecified atom stereocenters. The maximum absolute atomic E-state index is 16.2. The lowest BCUT2D eigenvalue weighted by Gasteiger charge is -2.26. The van der Waals surface area contributed by atoms with Crippen molar-refractivity contribution in [2.45, 2.75) is 23.0 Å². The molecule has 0 saturated carbocycles. The number of rotatable bonds is 8. The van der Waals surface area contributed by atoms with Crippen LogP contribution in [0.5, 0.6) is 11.5 Å². The lowest BCUT2D eigenvalue weighted by atomic mass is 10.1. The van der Waals surface area contributed by atoms with E-state index >= 15 is 4.39 Å². The minimum Gasteiger partial charge on any atom is -0.497 e. The third-order valence-corrected chi connectivity index (χ3v) is 6.56. The molecule has 38 heavy (non-hydrogen) atoms. The molecule has 11 nitrogen and oxygen atoms in total. The van der Waals surface area contributed by atoms with Crippen LogP contribution in [0.3, 0.4) is 0 Å². The van der Waals surface area contributed by atoms with E-state index in [0.29, 0.717) is 11.5 Å². The highest BCUT2D eigenvalue weighted by Crippen LogP contribution is 2.47. The van der Waals surface area contributed by atoms with E-state index in [4.69, 9.17) is 23.7 Å². The normalized spacial score (nSPS) is 22.5. The zero-order valence-electron chi connectivity index (χ0n) is 20.1. The number of H-pyrrole nitrogens is 1. The van der Waals surface area contributed by atoms with Crippen LogP contribution < -0.4 is 20.7 Å². The van der Waals surface area contributed by atoms with E-state index in [-0.39, 0.29) is 11.1 Å². The Labute approximate surface area is 223 Å². The monoisotopic (exact) mass is 592 g/mol. The standard InChI is InChI=1S/C25H22BrFN2O9/c1-34-16-7-3-14(4-8-16)21(31)36-13-18-20(38-22(32)15-5-9-17(35-2)10-6-15)25(26,27)23(37-18)29-12-11-19(30)28-24(29)33/h3-12,18,20,23H,13H2,1-2H3,(H,28,30,33)/t18-,20-,23-,25-/m1/s1. The first-order chi connectivity index (χ1) is 18.1. The summed E-state index contributed by atoms with van der Waals surface area (Å²) in [6, 6.07) is 13.0. The molecule has 2 aromatic carbocycles. The number of nitrogens with one attached hydrogen (secondary N) is 1. The summed E-state index contributed by atoms with van der Waals surface area (Å²) >= 11 is 2.90. The van der Waals surface area contributed by atoms with Gasteiger partial charge in [-0.2, -0.15) is 0 Å². The van der Waals surface area contributed by atoms with E-state index in [0.717, 1.165) is 16.8 Å². The van der Waals surface area contributed by atoms with Crippen LogP contribution >= 0.6 is 15.9 Å². The average Bonchev–Trinajstić information content (AvgIpc) is 3.16. The third kappa shape index (κ3) is 5.63. The molecule has 13 heteroatoms. The number of benzene rings is 2. The molecule has 0 radical (unpaired) electrons. The first-order valence-electron chi connectivity index (χ1n) is 11.1. The lowest BCUT2D eigenvalue weighted by Crippen LogP contribution is -2.44. The molecule has 1 aliphatic rings. The number of nitrogens with zero attached hydrogens (tertiary/aromatic N) is 1. The van der Waals surface area contributed by atoms with Crippen LogP contribution in [0.1, 0.15) is 26.9 Å². The van der Waals surface area contributed by atoms with Crippen LogP contribution in [0.2, 0.25) is 0 Å². The maximum Gasteiger partial charge on any atom is 0.338 e. The molecule has 2 heterocycles. The van der Waals surface area contributed by atoms with E-state index in [9.17, 15) is 19.2 Å². The summed E-state index contributed by atoms with van der Waals surface area (Å²) in [5, 5.41) is 0. The zero-order valence-corrected chi connectivity index (χ0v) is 21.7. The molecule has 3 aromatic rings. The highest BCUT2D eigenvalue weighted by atomic mass is 79.9. The molecule has 200 valence electrons. The van der Waals surface area contributed by atoms with Gasteiger partial charge in [-0.25, -0.2) is 18.8 Å². The third-order valence-electron chi connectivity index (χ3n) is 5.72. The summed E-state index contributed by atoms with van der Waals surface area (Å²) in [6.45, 7) is -0.530. The molecule has 1 saturated heterocycles. The number of hydrogen-bond donors (Lipinski definition) is 1. The van der Waals surface area contributed by atoms with Crippen molar-refractivity contribution in [3.8, 4) is 11.5 Å². The Morgan fingerprint density at radius 3 is 2.05 bits per heavy atom. The molecule has 1 aromatic heterocycles. The minimum atomic E-state index is -2.66. The number of aromatic amines is 1. The number of esters is 2. The Morgan fingerprint density at radius 1 is 0.974 bits per heavy atom. The van der Waals surface area contributed by atoms with Gasteiger partial charge in [-0.05, 0) is 64.5 Å². The van der Waals surface area contributed by atoms with E-state index in [1.54, 1.807) is 12.1 Å². The molecule has 1 aliphatic heterocycles. The Hall–Kier alpha value is -3.97. The molecule has 4 rings (SSSR count). The van der Waals surface area contributed by atoms with E-state index < -0.39 is 52.8 Å². The summed E-state index contributed by atoms with van der Waals surface area (Å²) in [5.41, 5.74) is -1.38. The molecule has 1 fully saturated rings. The fourth-order valence-electron chi connectivity index (χ4n) is 3.74. The van der Waals surface area contributed by atoms with Gasteiger partial charge in [0.05, 0.1) is 25.3 Å². The van der Waals surface area contributed by atoms with Gasteiger partial charge >= 0.3 is 17.6 Å². The highest BCUT2D eigenvalue weighted by Gasteiger charge is 2.60. The van der Waals surface area contributed by atoms with E-state index in [1.807, 2.05) is 4.98 Å². The number of methoxy groups -OCH3 is 2. The quantitative estimate of drug-likeness (QED) is 0.309. The second kappa shape index (κ2) is 11.2. The number of alkyl halides is 2. The van der Waals surface area contributed by atoms with Crippen molar-refractivity contribution in [3.05, 3.63) is 92.8 Å². The van der Waals surface area contributed by atoms with Gasteiger partial charge in [-0.15, -0.1) is 0 Å². The van der Waals surface area contributed by atoms with E-state index in [2.05, 4.69) is 15.9 Å². The van der Waals surface area contributed by atoms with Crippen molar-refractivity contribution >= 4 is 27.9 Å². The molecule has 0 amide bonds. The number of ether oxygens (including phenoxy) is 5. The first kappa shape index (κ1) is 27.1. The van der Waals surface area contributed by atoms with Gasteiger partial charge in [-0.1, -0.05) is 0 Å². The van der Waals surface area contributed by atoms with Crippen LogP contribution in [0.4, 0.5) is 4.39 Å². The molecule has 0 bridgehead atoms. The Morgan fingerprint density at radius 2 is 1.53 bits per heavy atom. The SMILES string of the molecule is COc1ccc(C(=O)OC[C@H]2O[C@@H](n3ccc(=O)[nH]c3=O)[C@@](F)(Br)[C@@H]2OC(=O)c2ccc(OC)cc2)cc1. The summed E-state index contributed by atoms with van der Waals surface area (Å²) in [6.07, 6.45) is -3.67.